The first-order valence-corrected chi connectivity index (χ1v) is 7.95. The SMILES string of the molecule is C=CCOc1ccc(CN2CCC(C(C)O)CC2)cc1OC. The molecule has 4 nitrogen and oxygen atoms in total. The van der Waals surface area contributed by atoms with E-state index in [0.29, 0.717) is 12.5 Å². The number of piperidine rings is 1. The van der Waals surface area contributed by atoms with Crippen molar-refractivity contribution in [3.63, 3.8) is 0 Å². The van der Waals surface area contributed by atoms with E-state index in [1.165, 1.54) is 5.56 Å². The number of benzene rings is 1. The van der Waals surface area contributed by atoms with Crippen molar-refractivity contribution in [2.75, 3.05) is 26.8 Å². The lowest BCUT2D eigenvalue weighted by molar-refractivity contribution is 0.0695. The van der Waals surface area contributed by atoms with Crippen LogP contribution in [-0.2, 0) is 6.54 Å². The molecule has 1 unspecified atom stereocenters. The standard InChI is InChI=1S/C18H27NO3/c1-4-11-22-17-6-5-15(12-18(17)21-3)13-19-9-7-16(8-10-19)14(2)20/h4-6,12,14,16,20H,1,7-11,13H2,2-3H3. The second-order valence-electron chi connectivity index (χ2n) is 5.94. The molecule has 0 bridgehead atoms. The van der Waals surface area contributed by atoms with E-state index in [4.69, 9.17) is 9.47 Å². The smallest absolute Gasteiger partial charge is 0.161 e. The molecule has 1 aliphatic rings. The largest absolute Gasteiger partial charge is 0.493 e. The number of hydrogen-bond donors (Lipinski definition) is 1. The van der Waals surface area contributed by atoms with Crippen LogP contribution in [0, 0.1) is 5.92 Å². The van der Waals surface area contributed by atoms with Crippen molar-refractivity contribution in [3.8, 4) is 11.5 Å². The Balaban J connectivity index is 1.94. The molecule has 1 aliphatic heterocycles. The van der Waals surface area contributed by atoms with Gasteiger partial charge in [-0.1, -0.05) is 18.7 Å². The van der Waals surface area contributed by atoms with Gasteiger partial charge in [0, 0.05) is 6.54 Å². The molecule has 2 rings (SSSR count). The molecular formula is C18H27NO3. The summed E-state index contributed by atoms with van der Waals surface area (Å²) in [7, 11) is 1.66. The zero-order chi connectivity index (χ0) is 15.9. The van der Waals surface area contributed by atoms with E-state index in [1.54, 1.807) is 13.2 Å². The fraction of sp³-hybridized carbons (Fsp3) is 0.556. The summed E-state index contributed by atoms with van der Waals surface area (Å²) in [5, 5.41) is 9.67. The summed E-state index contributed by atoms with van der Waals surface area (Å²) < 4.78 is 11.0. The number of aliphatic hydroxyl groups excluding tert-OH is 1. The predicted octanol–water partition coefficient (Wildman–Crippen LogP) is 2.85. The molecule has 1 fully saturated rings. The summed E-state index contributed by atoms with van der Waals surface area (Å²) in [6.45, 7) is 9.00. The van der Waals surface area contributed by atoms with Crippen LogP contribution in [0.5, 0.6) is 11.5 Å². The normalized spacial score (nSPS) is 18.0. The molecule has 0 aromatic heterocycles. The number of aliphatic hydroxyl groups is 1. The van der Waals surface area contributed by atoms with Gasteiger partial charge in [0.05, 0.1) is 13.2 Å². The van der Waals surface area contributed by atoms with Crippen molar-refractivity contribution >= 4 is 0 Å². The molecule has 22 heavy (non-hydrogen) atoms. The summed E-state index contributed by atoms with van der Waals surface area (Å²) in [5.41, 5.74) is 1.22. The Bertz CT molecular complexity index is 479. The Hall–Kier alpha value is -1.52. The maximum absolute atomic E-state index is 9.67. The monoisotopic (exact) mass is 305 g/mol. The van der Waals surface area contributed by atoms with Crippen LogP contribution in [0.2, 0.25) is 0 Å². The van der Waals surface area contributed by atoms with E-state index >= 15 is 0 Å². The van der Waals surface area contributed by atoms with Gasteiger partial charge in [-0.25, -0.2) is 0 Å². The molecule has 1 atom stereocenters. The minimum atomic E-state index is -0.191. The Morgan fingerprint density at radius 1 is 1.36 bits per heavy atom. The third-order valence-corrected chi connectivity index (χ3v) is 4.31. The minimum absolute atomic E-state index is 0.191. The van der Waals surface area contributed by atoms with Gasteiger partial charge in [-0.15, -0.1) is 0 Å². The van der Waals surface area contributed by atoms with Gasteiger partial charge in [-0.05, 0) is 56.5 Å². The molecule has 4 heteroatoms. The molecule has 1 saturated heterocycles. The van der Waals surface area contributed by atoms with Crippen molar-refractivity contribution in [2.24, 2.45) is 5.92 Å². The van der Waals surface area contributed by atoms with Gasteiger partial charge in [0.15, 0.2) is 11.5 Å². The predicted molar refractivity (Wildman–Crippen MR) is 88.4 cm³/mol. The molecule has 0 saturated carbocycles. The van der Waals surface area contributed by atoms with E-state index < -0.39 is 0 Å². The first-order chi connectivity index (χ1) is 10.6. The summed E-state index contributed by atoms with van der Waals surface area (Å²) in [4.78, 5) is 2.43. The van der Waals surface area contributed by atoms with E-state index in [1.807, 2.05) is 19.1 Å². The molecule has 0 amide bonds. The zero-order valence-corrected chi connectivity index (χ0v) is 13.6. The Kier molecular flexibility index (Phi) is 6.28. The maximum atomic E-state index is 9.67. The van der Waals surface area contributed by atoms with Crippen LogP contribution in [0.1, 0.15) is 25.3 Å². The number of methoxy groups -OCH3 is 1. The number of hydrogen-bond acceptors (Lipinski definition) is 4. The van der Waals surface area contributed by atoms with Crippen LogP contribution in [0.25, 0.3) is 0 Å². The van der Waals surface area contributed by atoms with Crippen molar-refractivity contribution in [2.45, 2.75) is 32.4 Å². The number of likely N-dealkylation sites (tertiary alicyclic amines) is 1. The molecule has 1 heterocycles. The number of rotatable bonds is 7. The van der Waals surface area contributed by atoms with Gasteiger partial charge in [0.25, 0.3) is 0 Å². The zero-order valence-electron chi connectivity index (χ0n) is 13.6. The molecule has 1 aromatic carbocycles. The van der Waals surface area contributed by atoms with Crippen LogP contribution in [-0.4, -0.2) is 42.9 Å². The van der Waals surface area contributed by atoms with Crippen LogP contribution < -0.4 is 9.47 Å². The quantitative estimate of drug-likeness (QED) is 0.787. The first kappa shape index (κ1) is 16.8. The third-order valence-electron chi connectivity index (χ3n) is 4.31. The molecule has 0 spiro atoms. The van der Waals surface area contributed by atoms with Crippen LogP contribution in [0.3, 0.4) is 0 Å². The number of ether oxygens (including phenoxy) is 2. The summed E-state index contributed by atoms with van der Waals surface area (Å²) in [6, 6.07) is 6.08. The van der Waals surface area contributed by atoms with Gasteiger partial charge >= 0.3 is 0 Å². The second kappa shape index (κ2) is 8.20. The Labute approximate surface area is 133 Å². The van der Waals surface area contributed by atoms with E-state index in [0.717, 1.165) is 44.0 Å². The maximum Gasteiger partial charge on any atom is 0.161 e. The molecule has 0 aliphatic carbocycles. The van der Waals surface area contributed by atoms with Gasteiger partial charge in [0.1, 0.15) is 6.61 Å². The van der Waals surface area contributed by atoms with Gasteiger partial charge < -0.3 is 14.6 Å². The minimum Gasteiger partial charge on any atom is -0.493 e. The summed E-state index contributed by atoms with van der Waals surface area (Å²) in [5.74, 6) is 1.96. The Morgan fingerprint density at radius 2 is 2.09 bits per heavy atom. The van der Waals surface area contributed by atoms with E-state index in [2.05, 4.69) is 17.5 Å². The highest BCUT2D eigenvalue weighted by molar-refractivity contribution is 5.43. The molecule has 1 aromatic rings. The molecular weight excluding hydrogens is 278 g/mol. The second-order valence-corrected chi connectivity index (χ2v) is 5.94. The lowest BCUT2D eigenvalue weighted by Gasteiger charge is -2.33. The fourth-order valence-corrected chi connectivity index (χ4v) is 2.93. The van der Waals surface area contributed by atoms with Crippen LogP contribution in [0.15, 0.2) is 30.9 Å². The third kappa shape index (κ3) is 4.49. The van der Waals surface area contributed by atoms with Crippen molar-refractivity contribution in [1.29, 1.82) is 0 Å². The van der Waals surface area contributed by atoms with Crippen molar-refractivity contribution in [1.82, 2.24) is 4.90 Å². The molecule has 0 radical (unpaired) electrons. The van der Waals surface area contributed by atoms with Gasteiger partial charge in [-0.3, -0.25) is 4.90 Å². The van der Waals surface area contributed by atoms with Gasteiger partial charge in [-0.2, -0.15) is 0 Å². The van der Waals surface area contributed by atoms with Crippen LogP contribution in [0.4, 0.5) is 0 Å². The average Bonchev–Trinajstić information content (AvgIpc) is 2.54. The fourth-order valence-electron chi connectivity index (χ4n) is 2.93. The number of nitrogens with zero attached hydrogens (tertiary/aromatic N) is 1. The Morgan fingerprint density at radius 3 is 2.68 bits per heavy atom. The van der Waals surface area contributed by atoms with Crippen molar-refractivity contribution < 1.29 is 14.6 Å². The topological polar surface area (TPSA) is 41.9 Å². The van der Waals surface area contributed by atoms with E-state index in [-0.39, 0.29) is 6.10 Å². The molecule has 122 valence electrons. The lowest BCUT2D eigenvalue weighted by Crippen LogP contribution is -2.36. The average molecular weight is 305 g/mol. The highest BCUT2D eigenvalue weighted by atomic mass is 16.5. The van der Waals surface area contributed by atoms with Gasteiger partial charge in [0.2, 0.25) is 0 Å². The van der Waals surface area contributed by atoms with Crippen molar-refractivity contribution in [3.05, 3.63) is 36.4 Å². The first-order valence-electron chi connectivity index (χ1n) is 7.95. The lowest BCUT2D eigenvalue weighted by atomic mass is 9.92. The highest BCUT2D eigenvalue weighted by Gasteiger charge is 2.22. The molecule has 1 N–H and O–H groups in total. The highest BCUT2D eigenvalue weighted by Crippen LogP contribution is 2.29. The summed E-state index contributed by atoms with van der Waals surface area (Å²) in [6.07, 6.45) is 3.66. The van der Waals surface area contributed by atoms with E-state index in [9.17, 15) is 5.11 Å². The van der Waals surface area contributed by atoms with Crippen LogP contribution >= 0.6 is 0 Å². The summed E-state index contributed by atoms with van der Waals surface area (Å²) >= 11 is 0.